The Bertz CT molecular complexity index is 1040. The van der Waals surface area contributed by atoms with Gasteiger partial charge in [-0.15, -0.1) is 0 Å². The molecule has 0 aliphatic carbocycles. The molecule has 0 bridgehead atoms. The highest BCUT2D eigenvalue weighted by Gasteiger charge is 2.18. The van der Waals surface area contributed by atoms with Crippen LogP contribution >= 0.6 is 0 Å². The van der Waals surface area contributed by atoms with Crippen LogP contribution in [0.2, 0.25) is 0 Å². The van der Waals surface area contributed by atoms with Gasteiger partial charge in [-0.1, -0.05) is 282 Å². The standard InChI is InChI=1S/C61H117NO5/c1-3-5-7-9-11-13-15-17-19-20-21-22-23-26-29-33-37-41-45-49-53-59(64)58(57-63)62-60(65)54-50-46-42-38-34-30-27-24-28-32-36-40-44-48-52-56-67-61(66)55-51-47-43-39-35-31-25-18-16-14-12-10-8-6-4-2/h18,25,49,53,58-59,63-64H,3-17,19-24,26-48,50-52,54-57H2,1-2H3,(H,62,65)/b25-18-,53-49+. The van der Waals surface area contributed by atoms with E-state index in [9.17, 15) is 19.8 Å². The van der Waals surface area contributed by atoms with Gasteiger partial charge in [-0.25, -0.2) is 0 Å². The van der Waals surface area contributed by atoms with Gasteiger partial charge in [0.1, 0.15) is 0 Å². The van der Waals surface area contributed by atoms with Crippen LogP contribution in [0.5, 0.6) is 0 Å². The molecule has 0 aromatic carbocycles. The van der Waals surface area contributed by atoms with Crippen LogP contribution in [-0.2, 0) is 14.3 Å². The van der Waals surface area contributed by atoms with E-state index >= 15 is 0 Å². The molecule has 0 saturated heterocycles. The summed E-state index contributed by atoms with van der Waals surface area (Å²) in [6, 6.07) is -0.635. The number of hydrogen-bond acceptors (Lipinski definition) is 5. The number of aliphatic hydroxyl groups is 2. The summed E-state index contributed by atoms with van der Waals surface area (Å²) in [5, 5.41) is 23.2. The lowest BCUT2D eigenvalue weighted by Crippen LogP contribution is -2.45. The van der Waals surface area contributed by atoms with Gasteiger partial charge in [0, 0.05) is 12.8 Å². The number of carbonyl (C=O) groups is 2. The highest BCUT2D eigenvalue weighted by Crippen LogP contribution is 2.17. The van der Waals surface area contributed by atoms with Crippen LogP contribution in [0.25, 0.3) is 0 Å². The number of unbranched alkanes of at least 4 members (excludes halogenated alkanes) is 43. The van der Waals surface area contributed by atoms with Crippen LogP contribution in [0.15, 0.2) is 24.3 Å². The molecule has 0 aromatic rings. The number of allylic oxidation sites excluding steroid dienone is 3. The van der Waals surface area contributed by atoms with Crippen molar-refractivity contribution in [2.24, 2.45) is 0 Å². The maximum atomic E-state index is 12.5. The number of aliphatic hydroxyl groups excluding tert-OH is 2. The zero-order valence-electron chi connectivity index (χ0n) is 45.1. The van der Waals surface area contributed by atoms with Crippen molar-refractivity contribution >= 4 is 11.9 Å². The van der Waals surface area contributed by atoms with E-state index < -0.39 is 12.1 Å². The zero-order chi connectivity index (χ0) is 48.6. The molecule has 0 aliphatic heterocycles. The van der Waals surface area contributed by atoms with Gasteiger partial charge in [0.25, 0.3) is 0 Å². The van der Waals surface area contributed by atoms with Crippen molar-refractivity contribution in [3.8, 4) is 0 Å². The van der Waals surface area contributed by atoms with Crippen LogP contribution in [0.4, 0.5) is 0 Å². The first-order valence-corrected chi connectivity index (χ1v) is 30.1. The average Bonchev–Trinajstić information content (AvgIpc) is 3.33. The third-order valence-electron chi connectivity index (χ3n) is 14.0. The van der Waals surface area contributed by atoms with Crippen molar-refractivity contribution < 1.29 is 24.5 Å². The first kappa shape index (κ1) is 65.3. The van der Waals surface area contributed by atoms with Crippen molar-refractivity contribution in [2.45, 2.75) is 341 Å². The number of ether oxygens (including phenoxy) is 1. The maximum absolute atomic E-state index is 12.5. The summed E-state index contributed by atoms with van der Waals surface area (Å²) in [6.07, 6.45) is 69.1. The predicted molar refractivity (Wildman–Crippen MR) is 292 cm³/mol. The summed E-state index contributed by atoms with van der Waals surface area (Å²) < 4.78 is 5.47. The van der Waals surface area contributed by atoms with Gasteiger partial charge in [-0.05, 0) is 57.8 Å². The van der Waals surface area contributed by atoms with Gasteiger partial charge in [0.2, 0.25) is 5.91 Å². The normalized spacial score (nSPS) is 12.7. The monoisotopic (exact) mass is 944 g/mol. The summed E-state index contributed by atoms with van der Waals surface area (Å²) in [7, 11) is 0. The van der Waals surface area contributed by atoms with Gasteiger partial charge >= 0.3 is 5.97 Å². The summed E-state index contributed by atoms with van der Waals surface area (Å²) in [6.45, 7) is 4.90. The quantitative estimate of drug-likeness (QED) is 0.0321. The smallest absolute Gasteiger partial charge is 0.305 e. The maximum Gasteiger partial charge on any atom is 0.305 e. The van der Waals surface area contributed by atoms with Gasteiger partial charge < -0.3 is 20.3 Å². The molecule has 6 nitrogen and oxygen atoms in total. The second-order valence-corrected chi connectivity index (χ2v) is 20.7. The number of hydrogen-bond donors (Lipinski definition) is 3. The second-order valence-electron chi connectivity index (χ2n) is 20.7. The van der Waals surface area contributed by atoms with Crippen molar-refractivity contribution in [3.63, 3.8) is 0 Å². The van der Waals surface area contributed by atoms with Crippen LogP contribution in [0, 0.1) is 0 Å². The molecule has 0 heterocycles. The first-order valence-electron chi connectivity index (χ1n) is 30.1. The molecule has 0 saturated carbocycles. The van der Waals surface area contributed by atoms with Gasteiger partial charge in [-0.2, -0.15) is 0 Å². The minimum Gasteiger partial charge on any atom is -0.466 e. The molecule has 2 unspecified atom stereocenters. The molecular formula is C61H117NO5. The van der Waals surface area contributed by atoms with E-state index in [1.54, 1.807) is 6.08 Å². The molecule has 2 atom stereocenters. The Kier molecular flexibility index (Phi) is 55.5. The summed E-state index contributed by atoms with van der Waals surface area (Å²) >= 11 is 0. The number of carbonyl (C=O) groups excluding carboxylic acids is 2. The molecule has 0 spiro atoms. The largest absolute Gasteiger partial charge is 0.466 e. The molecule has 1 amide bonds. The molecule has 0 fully saturated rings. The Morgan fingerprint density at radius 3 is 1.06 bits per heavy atom. The van der Waals surface area contributed by atoms with E-state index in [0.29, 0.717) is 19.4 Å². The van der Waals surface area contributed by atoms with Gasteiger partial charge in [-0.3, -0.25) is 9.59 Å². The van der Waals surface area contributed by atoms with Crippen LogP contribution in [0.1, 0.15) is 328 Å². The minimum atomic E-state index is -0.851. The Balaban J connectivity index is 3.46. The topological polar surface area (TPSA) is 95.9 Å². The zero-order valence-corrected chi connectivity index (χ0v) is 45.1. The van der Waals surface area contributed by atoms with E-state index in [4.69, 9.17) is 4.74 Å². The first-order chi connectivity index (χ1) is 33.0. The Morgan fingerprint density at radius 2 is 0.701 bits per heavy atom. The lowest BCUT2D eigenvalue weighted by atomic mass is 10.0. The highest BCUT2D eigenvalue weighted by atomic mass is 16.5. The van der Waals surface area contributed by atoms with Gasteiger partial charge in [0.15, 0.2) is 0 Å². The molecule has 0 aliphatic rings. The summed E-state index contributed by atoms with van der Waals surface area (Å²) in [4.78, 5) is 24.5. The molecule has 3 N–H and O–H groups in total. The fourth-order valence-electron chi connectivity index (χ4n) is 9.34. The van der Waals surface area contributed by atoms with E-state index in [2.05, 4.69) is 31.3 Å². The van der Waals surface area contributed by atoms with Crippen LogP contribution < -0.4 is 5.32 Å². The Hall–Kier alpha value is -1.66. The number of rotatable bonds is 56. The van der Waals surface area contributed by atoms with Gasteiger partial charge in [0.05, 0.1) is 25.4 Å². The third-order valence-corrected chi connectivity index (χ3v) is 14.0. The Labute approximate surface area is 418 Å². The van der Waals surface area contributed by atoms with Crippen LogP contribution in [0.3, 0.4) is 0 Å². The Morgan fingerprint density at radius 1 is 0.403 bits per heavy atom. The fourth-order valence-corrected chi connectivity index (χ4v) is 9.34. The molecule has 6 heteroatoms. The molecule has 396 valence electrons. The summed E-state index contributed by atoms with van der Waals surface area (Å²) in [5.74, 6) is -0.0819. The molecule has 0 rings (SSSR count). The minimum absolute atomic E-state index is 0.00784. The second kappa shape index (κ2) is 56.9. The lowest BCUT2D eigenvalue weighted by Gasteiger charge is -2.20. The van der Waals surface area contributed by atoms with Crippen molar-refractivity contribution in [2.75, 3.05) is 13.2 Å². The van der Waals surface area contributed by atoms with Crippen molar-refractivity contribution in [1.29, 1.82) is 0 Å². The van der Waals surface area contributed by atoms with E-state index in [0.717, 1.165) is 51.4 Å². The molecule has 67 heavy (non-hydrogen) atoms. The summed E-state index contributed by atoms with van der Waals surface area (Å²) in [5.41, 5.74) is 0. The number of amides is 1. The van der Waals surface area contributed by atoms with Crippen LogP contribution in [-0.4, -0.2) is 47.4 Å². The van der Waals surface area contributed by atoms with E-state index in [-0.39, 0.29) is 18.5 Å². The third kappa shape index (κ3) is 53.5. The van der Waals surface area contributed by atoms with Crippen molar-refractivity contribution in [3.05, 3.63) is 24.3 Å². The van der Waals surface area contributed by atoms with Crippen molar-refractivity contribution in [1.82, 2.24) is 5.32 Å². The van der Waals surface area contributed by atoms with E-state index in [1.807, 2.05) is 6.08 Å². The highest BCUT2D eigenvalue weighted by molar-refractivity contribution is 5.76. The molecule has 0 aromatic heterocycles. The predicted octanol–water partition coefficient (Wildman–Crippen LogP) is 18.6. The fraction of sp³-hybridized carbons (Fsp3) is 0.902. The lowest BCUT2D eigenvalue weighted by molar-refractivity contribution is -0.143. The average molecular weight is 945 g/mol. The molecule has 0 radical (unpaired) electrons. The SMILES string of the molecule is CCCCCCCC/C=C\CCCCCCCC(=O)OCCCCCCCCCCCCCCCCCC(=O)NC(CO)C(O)/C=C/CCCCCCCCCCCCCCCCCCCC. The molecular weight excluding hydrogens is 827 g/mol. The number of esters is 1. The van der Waals surface area contributed by atoms with E-state index in [1.165, 1.54) is 250 Å². The number of nitrogens with one attached hydrogen (secondary N) is 1.